The zero-order valence-electron chi connectivity index (χ0n) is 16.8. The van der Waals surface area contributed by atoms with Gasteiger partial charge >= 0.3 is 0 Å². The quantitative estimate of drug-likeness (QED) is 0.447. The largest absolute Gasteiger partial charge is 0.353 e. The number of carbonyl (C=O) groups excluding carboxylic acids is 1. The van der Waals surface area contributed by atoms with Crippen molar-refractivity contribution in [1.82, 2.24) is 20.1 Å². The van der Waals surface area contributed by atoms with E-state index in [1.807, 2.05) is 34.9 Å². The molecule has 0 spiro atoms. The van der Waals surface area contributed by atoms with Crippen molar-refractivity contribution >= 4 is 17.7 Å². The van der Waals surface area contributed by atoms with Gasteiger partial charge in [0.25, 0.3) is 0 Å². The topological polar surface area (TPSA) is 59.8 Å². The Hall–Kier alpha value is -2.67. The number of nitrogens with one attached hydrogen (secondary N) is 1. The minimum absolute atomic E-state index is 0.00181. The number of hydrogen-bond acceptors (Lipinski definition) is 4. The summed E-state index contributed by atoms with van der Waals surface area (Å²) in [5, 5.41) is 12.2. The van der Waals surface area contributed by atoms with Crippen LogP contribution in [0.4, 0.5) is 4.39 Å². The monoisotopic (exact) mass is 424 g/mol. The molecule has 0 atom stereocenters. The average Bonchev–Trinajstić information content (AvgIpc) is 3.02. The fourth-order valence-corrected chi connectivity index (χ4v) is 4.58. The summed E-state index contributed by atoms with van der Waals surface area (Å²) in [6, 6.07) is 16.4. The van der Waals surface area contributed by atoms with Crippen molar-refractivity contribution in [3.05, 3.63) is 60.4 Å². The van der Waals surface area contributed by atoms with Crippen molar-refractivity contribution in [2.45, 2.75) is 49.7 Å². The zero-order valence-corrected chi connectivity index (χ0v) is 17.6. The molecule has 1 N–H and O–H groups in total. The Labute approximate surface area is 180 Å². The Morgan fingerprint density at radius 2 is 1.70 bits per heavy atom. The van der Waals surface area contributed by atoms with Crippen molar-refractivity contribution in [1.29, 1.82) is 0 Å². The number of thioether (sulfide) groups is 1. The number of rotatable bonds is 6. The number of para-hydroxylation sites is 1. The molecule has 4 rings (SSSR count). The van der Waals surface area contributed by atoms with Gasteiger partial charge in [0.15, 0.2) is 11.0 Å². The maximum absolute atomic E-state index is 14.4. The summed E-state index contributed by atoms with van der Waals surface area (Å²) < 4.78 is 16.2. The van der Waals surface area contributed by atoms with Gasteiger partial charge in [-0.2, -0.15) is 0 Å². The predicted octanol–water partition coefficient (Wildman–Crippen LogP) is 5.00. The number of amides is 1. The summed E-state index contributed by atoms with van der Waals surface area (Å²) in [6.45, 7) is 0. The summed E-state index contributed by atoms with van der Waals surface area (Å²) in [5.41, 5.74) is 1.20. The normalized spacial score (nSPS) is 15.0. The maximum atomic E-state index is 14.4. The molecule has 30 heavy (non-hydrogen) atoms. The Balaban J connectivity index is 1.54. The first-order valence-corrected chi connectivity index (χ1v) is 11.4. The highest BCUT2D eigenvalue weighted by Gasteiger charge is 2.20. The minimum atomic E-state index is -0.357. The smallest absolute Gasteiger partial charge is 0.230 e. The van der Waals surface area contributed by atoms with Crippen LogP contribution in [0.15, 0.2) is 59.8 Å². The van der Waals surface area contributed by atoms with Crippen LogP contribution in [0.2, 0.25) is 0 Å². The molecule has 0 radical (unpaired) electrons. The summed E-state index contributed by atoms with van der Waals surface area (Å²) in [7, 11) is 0. The van der Waals surface area contributed by atoms with Gasteiger partial charge in [0, 0.05) is 11.7 Å². The molecule has 1 aliphatic rings. The van der Waals surface area contributed by atoms with Crippen LogP contribution in [-0.2, 0) is 4.79 Å². The van der Waals surface area contributed by atoms with E-state index in [2.05, 4.69) is 15.5 Å². The average molecular weight is 425 g/mol. The molecule has 0 bridgehead atoms. The molecule has 1 aromatic heterocycles. The van der Waals surface area contributed by atoms with Crippen LogP contribution in [0.25, 0.3) is 17.1 Å². The Kier molecular flexibility index (Phi) is 6.79. The highest BCUT2D eigenvalue weighted by molar-refractivity contribution is 7.99. The van der Waals surface area contributed by atoms with Gasteiger partial charge in [-0.1, -0.05) is 67.8 Å². The number of carbonyl (C=O) groups is 1. The second-order valence-corrected chi connectivity index (χ2v) is 8.44. The lowest BCUT2D eigenvalue weighted by Crippen LogP contribution is -2.35. The number of hydrogen-bond donors (Lipinski definition) is 1. The van der Waals surface area contributed by atoms with Gasteiger partial charge in [0.1, 0.15) is 5.82 Å². The highest BCUT2D eigenvalue weighted by Crippen LogP contribution is 2.29. The third-order valence-corrected chi connectivity index (χ3v) is 6.24. The molecule has 1 amide bonds. The summed E-state index contributed by atoms with van der Waals surface area (Å²) >= 11 is 1.32. The summed E-state index contributed by atoms with van der Waals surface area (Å²) in [6.07, 6.45) is 6.95. The van der Waals surface area contributed by atoms with Gasteiger partial charge < -0.3 is 5.32 Å². The van der Waals surface area contributed by atoms with Gasteiger partial charge in [-0.15, -0.1) is 10.2 Å². The van der Waals surface area contributed by atoms with Crippen LogP contribution in [0, 0.1) is 5.82 Å². The number of benzene rings is 2. The molecule has 1 aliphatic carbocycles. The molecule has 5 nitrogen and oxygen atoms in total. The van der Waals surface area contributed by atoms with E-state index < -0.39 is 0 Å². The van der Waals surface area contributed by atoms with Crippen molar-refractivity contribution < 1.29 is 9.18 Å². The van der Waals surface area contributed by atoms with E-state index in [0.29, 0.717) is 16.5 Å². The fraction of sp³-hybridized carbons (Fsp3) is 0.348. The number of aromatic nitrogens is 3. The van der Waals surface area contributed by atoms with Crippen LogP contribution >= 0.6 is 11.8 Å². The first-order chi connectivity index (χ1) is 14.7. The Morgan fingerprint density at radius 1 is 1.00 bits per heavy atom. The van der Waals surface area contributed by atoms with Gasteiger partial charge in [0.05, 0.1) is 11.3 Å². The van der Waals surface area contributed by atoms with E-state index in [0.717, 1.165) is 18.5 Å². The molecule has 1 fully saturated rings. The van der Waals surface area contributed by atoms with Crippen LogP contribution in [0.3, 0.4) is 0 Å². The van der Waals surface area contributed by atoms with Gasteiger partial charge in [0.2, 0.25) is 5.91 Å². The van der Waals surface area contributed by atoms with E-state index in [-0.39, 0.29) is 23.5 Å². The second-order valence-electron chi connectivity index (χ2n) is 7.50. The molecule has 0 aliphatic heterocycles. The lowest BCUT2D eigenvalue weighted by molar-refractivity contribution is -0.119. The van der Waals surface area contributed by atoms with Gasteiger partial charge in [-0.05, 0) is 37.1 Å². The van der Waals surface area contributed by atoms with Crippen molar-refractivity contribution in [3.63, 3.8) is 0 Å². The standard InChI is InChI=1S/C23H25FN4OS/c24-20-15-9-8-14-19(20)22-26-27-23(28(22)18-12-6-3-7-13-18)30-16-21(29)25-17-10-4-1-2-5-11-17/h3,6-9,12-15,17H,1-2,4-5,10-11,16H2,(H,25,29). The van der Waals surface area contributed by atoms with Crippen molar-refractivity contribution in [3.8, 4) is 17.1 Å². The lowest BCUT2D eigenvalue weighted by atomic mass is 10.1. The molecule has 1 heterocycles. The molecule has 2 aromatic carbocycles. The van der Waals surface area contributed by atoms with Crippen molar-refractivity contribution in [2.24, 2.45) is 0 Å². The Morgan fingerprint density at radius 3 is 2.43 bits per heavy atom. The Bertz CT molecular complexity index is 984. The highest BCUT2D eigenvalue weighted by atomic mass is 32.2. The minimum Gasteiger partial charge on any atom is -0.353 e. The molecule has 0 unspecified atom stereocenters. The van der Waals surface area contributed by atoms with E-state index in [1.54, 1.807) is 18.2 Å². The van der Waals surface area contributed by atoms with E-state index in [4.69, 9.17) is 0 Å². The van der Waals surface area contributed by atoms with Crippen molar-refractivity contribution in [2.75, 3.05) is 5.75 Å². The molecular weight excluding hydrogens is 399 g/mol. The van der Waals surface area contributed by atoms with Crippen LogP contribution in [0.1, 0.15) is 38.5 Å². The summed E-state index contributed by atoms with van der Waals surface area (Å²) in [4.78, 5) is 12.5. The molecule has 156 valence electrons. The molecular formula is C23H25FN4OS. The molecule has 0 saturated heterocycles. The van der Waals surface area contributed by atoms with E-state index in [1.165, 1.54) is 43.5 Å². The van der Waals surface area contributed by atoms with Crippen LogP contribution in [0.5, 0.6) is 0 Å². The predicted molar refractivity (Wildman–Crippen MR) is 117 cm³/mol. The van der Waals surface area contributed by atoms with Gasteiger partial charge in [-0.3, -0.25) is 9.36 Å². The zero-order chi connectivity index (χ0) is 20.8. The number of nitrogens with zero attached hydrogens (tertiary/aromatic N) is 3. The van der Waals surface area contributed by atoms with Crippen LogP contribution in [-0.4, -0.2) is 32.5 Å². The molecule has 3 aromatic rings. The second kappa shape index (κ2) is 9.89. The van der Waals surface area contributed by atoms with Crippen LogP contribution < -0.4 is 5.32 Å². The van der Waals surface area contributed by atoms with E-state index >= 15 is 0 Å². The third-order valence-electron chi connectivity index (χ3n) is 5.32. The molecule has 1 saturated carbocycles. The third kappa shape index (κ3) is 4.90. The SMILES string of the molecule is O=C(CSc1nnc(-c2ccccc2F)n1-c1ccccc1)NC1CCCCCC1. The molecule has 7 heteroatoms. The fourth-order valence-electron chi connectivity index (χ4n) is 3.81. The van der Waals surface area contributed by atoms with Gasteiger partial charge in [-0.25, -0.2) is 4.39 Å². The maximum Gasteiger partial charge on any atom is 0.230 e. The lowest BCUT2D eigenvalue weighted by Gasteiger charge is -2.16. The summed E-state index contributed by atoms with van der Waals surface area (Å²) in [5.74, 6) is 0.316. The van der Waals surface area contributed by atoms with E-state index in [9.17, 15) is 9.18 Å². The first kappa shape index (κ1) is 20.6. The first-order valence-electron chi connectivity index (χ1n) is 10.4. The number of halogens is 1.